The first-order valence-corrected chi connectivity index (χ1v) is 24.3. The average Bonchev–Trinajstić information content (AvgIpc) is 4.18. The van der Waals surface area contributed by atoms with Crippen molar-refractivity contribution in [3.63, 3.8) is 0 Å². The minimum absolute atomic E-state index is 0.114. The Morgan fingerprint density at radius 3 is 1.85 bits per heavy atom. The standard InChI is InChI=1S/C52H68N8O8/c1-30(2)44(57-51(63)66-6)49(61)59-25-33(27-65-5)21-42(59)47-53-24-41(55-47)36-15-13-35(14-16-36)37-17-19-39-38(23-37)18-20-40-46(39)56-48(54-40)43-22-34(29-68-28-32-11-9-8-10-12-32)26-60(43)50(62)45(31(3)4)58-52(64)67-7/h13-20,23-24,30-34,42-45H,8-12,21-22,25-29H2,1-7H3,(H,53,55)(H,54,56)(H,57,63)(H,58,64)/t33-,34-,42-,43-,44-,45-/m0/s1. The summed E-state index contributed by atoms with van der Waals surface area (Å²) in [6.45, 7) is 10.5. The lowest BCUT2D eigenvalue weighted by atomic mass is 9.90. The number of hydrogen-bond acceptors (Lipinski definition) is 10. The van der Waals surface area contributed by atoms with Crippen LogP contribution in [0, 0.1) is 29.6 Å². The van der Waals surface area contributed by atoms with Gasteiger partial charge in [-0.2, -0.15) is 0 Å². The molecule has 0 spiro atoms. The van der Waals surface area contributed by atoms with E-state index in [-0.39, 0.29) is 47.6 Å². The monoisotopic (exact) mass is 933 g/mol. The van der Waals surface area contributed by atoms with E-state index in [1.165, 1.54) is 46.3 Å². The van der Waals surface area contributed by atoms with Gasteiger partial charge < -0.3 is 49.3 Å². The maximum Gasteiger partial charge on any atom is 0.407 e. The number of nitrogens with zero attached hydrogens (tertiary/aromatic N) is 4. The number of aromatic amines is 2. The van der Waals surface area contributed by atoms with Gasteiger partial charge in [-0.25, -0.2) is 19.6 Å². The normalized spacial score (nSPS) is 20.9. The Bertz CT molecular complexity index is 2550. The fourth-order valence-electron chi connectivity index (χ4n) is 10.5. The van der Waals surface area contributed by atoms with Crippen LogP contribution in [0.2, 0.25) is 0 Å². The highest BCUT2D eigenvalue weighted by atomic mass is 16.5. The number of imidazole rings is 2. The summed E-state index contributed by atoms with van der Waals surface area (Å²) in [5.41, 5.74) is 5.60. The van der Waals surface area contributed by atoms with Gasteiger partial charge in [-0.15, -0.1) is 0 Å². The van der Waals surface area contributed by atoms with Crippen LogP contribution in [0.4, 0.5) is 9.59 Å². The molecule has 1 saturated carbocycles. The number of alkyl carbamates (subject to hydrolysis) is 2. The number of hydrogen-bond donors (Lipinski definition) is 4. The Hall–Kier alpha value is -6.00. The second-order valence-electron chi connectivity index (χ2n) is 19.7. The molecule has 0 radical (unpaired) electrons. The first kappa shape index (κ1) is 48.5. The van der Waals surface area contributed by atoms with Crippen LogP contribution in [0.1, 0.15) is 96.4 Å². The van der Waals surface area contributed by atoms with Crippen LogP contribution in [0.25, 0.3) is 44.2 Å². The maximum atomic E-state index is 14.3. The Morgan fingerprint density at radius 2 is 1.25 bits per heavy atom. The van der Waals surface area contributed by atoms with Crippen molar-refractivity contribution in [2.45, 2.75) is 96.8 Å². The Kier molecular flexibility index (Phi) is 15.3. The van der Waals surface area contributed by atoms with E-state index >= 15 is 0 Å². The van der Waals surface area contributed by atoms with Crippen LogP contribution < -0.4 is 10.6 Å². The van der Waals surface area contributed by atoms with E-state index in [1.54, 1.807) is 18.2 Å². The van der Waals surface area contributed by atoms with Crippen molar-refractivity contribution >= 4 is 45.8 Å². The van der Waals surface area contributed by atoms with E-state index in [4.69, 9.17) is 28.9 Å². The molecule has 4 heterocycles. The first-order chi connectivity index (χ1) is 32.8. The molecule has 16 nitrogen and oxygen atoms in total. The zero-order valence-corrected chi connectivity index (χ0v) is 40.5. The van der Waals surface area contributed by atoms with Crippen LogP contribution >= 0.6 is 0 Å². The predicted octanol–water partition coefficient (Wildman–Crippen LogP) is 8.56. The molecule has 2 saturated heterocycles. The number of ether oxygens (including phenoxy) is 4. The molecule has 3 fully saturated rings. The number of likely N-dealkylation sites (tertiary alicyclic amines) is 2. The lowest BCUT2D eigenvalue weighted by Gasteiger charge is -2.30. The maximum absolute atomic E-state index is 14.3. The fraction of sp³-hybridized carbons (Fsp3) is 0.538. The summed E-state index contributed by atoms with van der Waals surface area (Å²) < 4.78 is 21.5. The lowest BCUT2D eigenvalue weighted by molar-refractivity contribution is -0.136. The molecule has 8 rings (SSSR count). The topological polar surface area (TPSA) is 193 Å². The van der Waals surface area contributed by atoms with E-state index < -0.39 is 24.3 Å². The van der Waals surface area contributed by atoms with E-state index in [0.717, 1.165) is 56.6 Å². The predicted molar refractivity (Wildman–Crippen MR) is 259 cm³/mol. The Morgan fingerprint density at radius 1 is 0.676 bits per heavy atom. The molecule has 16 heteroatoms. The highest BCUT2D eigenvalue weighted by molar-refractivity contribution is 6.05. The highest BCUT2D eigenvalue weighted by Crippen LogP contribution is 2.39. The Balaban J connectivity index is 1.000. The largest absolute Gasteiger partial charge is 0.453 e. The van der Waals surface area contributed by atoms with Crippen LogP contribution in [-0.2, 0) is 28.5 Å². The number of methoxy groups -OCH3 is 3. The molecule has 3 aromatic carbocycles. The molecule has 3 aliphatic rings. The number of amides is 4. The van der Waals surface area contributed by atoms with Gasteiger partial charge >= 0.3 is 12.2 Å². The van der Waals surface area contributed by atoms with Gasteiger partial charge in [0.2, 0.25) is 11.8 Å². The third-order valence-electron chi connectivity index (χ3n) is 14.2. The molecule has 1 aliphatic carbocycles. The second-order valence-corrected chi connectivity index (χ2v) is 19.7. The third-order valence-corrected chi connectivity index (χ3v) is 14.2. The molecule has 364 valence electrons. The van der Waals surface area contributed by atoms with Crippen molar-refractivity contribution in [1.29, 1.82) is 0 Å². The van der Waals surface area contributed by atoms with Crippen LogP contribution in [0.3, 0.4) is 0 Å². The van der Waals surface area contributed by atoms with Gasteiger partial charge in [-0.1, -0.05) is 89.4 Å². The summed E-state index contributed by atoms with van der Waals surface area (Å²) in [4.78, 5) is 73.5. The molecule has 5 aromatic rings. The number of benzene rings is 3. The first-order valence-electron chi connectivity index (χ1n) is 24.3. The zero-order valence-electron chi connectivity index (χ0n) is 40.5. The number of carbonyl (C=O) groups excluding carboxylic acids is 4. The Labute approximate surface area is 398 Å². The van der Waals surface area contributed by atoms with Crippen LogP contribution in [0.5, 0.6) is 0 Å². The number of nitrogens with one attached hydrogen (secondary N) is 4. The number of fused-ring (bicyclic) bond motifs is 3. The van der Waals surface area contributed by atoms with Crippen molar-refractivity contribution in [1.82, 2.24) is 40.4 Å². The summed E-state index contributed by atoms with van der Waals surface area (Å²) in [5, 5.41) is 7.54. The van der Waals surface area contributed by atoms with E-state index in [1.807, 2.05) is 38.7 Å². The van der Waals surface area contributed by atoms with E-state index in [9.17, 15) is 19.2 Å². The SMILES string of the molecule is COC[C@H]1C[C@@H](c2ncc(-c3ccc(-c4ccc5c(ccc6[nH]c([C@@H]7C[C@H](COCC8CCCCC8)CN7C(=O)[C@@H](NC(=O)OC)C(C)C)nc65)c4)cc3)[nH]2)N(C(=O)[C@@H](NC(=O)OC)C(C)C)C1. The molecule has 68 heavy (non-hydrogen) atoms. The molecule has 4 amide bonds. The number of carbonyl (C=O) groups is 4. The van der Waals surface area contributed by atoms with Crippen molar-refractivity contribution in [3.8, 4) is 22.4 Å². The summed E-state index contributed by atoms with van der Waals surface area (Å²) >= 11 is 0. The number of rotatable bonds is 16. The molecular formula is C52H68N8O8. The van der Waals surface area contributed by atoms with Crippen molar-refractivity contribution in [2.75, 3.05) is 54.2 Å². The van der Waals surface area contributed by atoms with Gasteiger partial charge in [-0.05, 0) is 77.6 Å². The zero-order chi connectivity index (χ0) is 48.1. The van der Waals surface area contributed by atoms with Gasteiger partial charge in [0.05, 0.1) is 62.4 Å². The molecule has 2 aliphatic heterocycles. The van der Waals surface area contributed by atoms with E-state index in [0.29, 0.717) is 50.9 Å². The molecule has 6 atom stereocenters. The minimum Gasteiger partial charge on any atom is -0.453 e. The van der Waals surface area contributed by atoms with Crippen molar-refractivity contribution in [2.24, 2.45) is 29.6 Å². The van der Waals surface area contributed by atoms with E-state index in [2.05, 4.69) is 69.1 Å². The quantitative estimate of drug-likeness (QED) is 0.0745. The number of H-pyrrole nitrogens is 2. The van der Waals surface area contributed by atoms with Gasteiger partial charge in [0.1, 0.15) is 23.7 Å². The molecule has 2 aromatic heterocycles. The summed E-state index contributed by atoms with van der Waals surface area (Å²) in [7, 11) is 4.25. The fourth-order valence-corrected chi connectivity index (χ4v) is 10.5. The van der Waals surface area contributed by atoms with Gasteiger partial charge in [0.15, 0.2) is 0 Å². The summed E-state index contributed by atoms with van der Waals surface area (Å²) in [6, 6.07) is 16.7. The number of aromatic nitrogens is 4. The van der Waals surface area contributed by atoms with Gasteiger partial charge in [0.25, 0.3) is 0 Å². The van der Waals surface area contributed by atoms with Gasteiger partial charge in [-0.3, -0.25) is 9.59 Å². The third kappa shape index (κ3) is 10.7. The summed E-state index contributed by atoms with van der Waals surface area (Å²) in [6.07, 6.45) is 8.15. The smallest absolute Gasteiger partial charge is 0.407 e. The van der Waals surface area contributed by atoms with Crippen molar-refractivity contribution < 1.29 is 38.1 Å². The summed E-state index contributed by atoms with van der Waals surface area (Å²) in [5.74, 6) is 1.58. The van der Waals surface area contributed by atoms with Crippen LogP contribution in [-0.4, -0.2) is 120 Å². The average molecular weight is 933 g/mol. The molecule has 4 N–H and O–H groups in total. The highest BCUT2D eigenvalue weighted by Gasteiger charge is 2.43. The van der Waals surface area contributed by atoms with Crippen molar-refractivity contribution in [3.05, 3.63) is 72.4 Å². The second kappa shape index (κ2) is 21.5. The van der Waals surface area contributed by atoms with Gasteiger partial charge in [0, 0.05) is 44.0 Å². The molecule has 0 unspecified atom stereocenters. The lowest BCUT2D eigenvalue weighted by Crippen LogP contribution is -2.51. The molecule has 0 bridgehead atoms. The van der Waals surface area contributed by atoms with Crippen LogP contribution in [0.15, 0.2) is 60.8 Å². The molecular weight excluding hydrogens is 865 g/mol. The minimum atomic E-state index is -0.752.